The molecule has 1 aromatic rings. The fraction of sp³-hybridized carbons (Fsp3) is 0.500. The zero-order valence-electron chi connectivity index (χ0n) is 10.7. The third-order valence-corrected chi connectivity index (χ3v) is 3.44. The highest BCUT2D eigenvalue weighted by Gasteiger charge is 2.28. The van der Waals surface area contributed by atoms with Gasteiger partial charge in [-0.1, -0.05) is 11.6 Å². The number of anilines is 1. The van der Waals surface area contributed by atoms with Crippen molar-refractivity contribution in [3.63, 3.8) is 0 Å². The lowest BCUT2D eigenvalue weighted by atomic mass is 10.2. The van der Waals surface area contributed by atoms with E-state index in [2.05, 4.69) is 10.3 Å². The molecule has 1 fully saturated rings. The SMILES string of the molecule is CNc1ccc(Cl)c(CN2CCOCC2C(N)=O)n1. The lowest BCUT2D eigenvalue weighted by Gasteiger charge is -2.33. The van der Waals surface area contributed by atoms with Crippen molar-refractivity contribution in [3.05, 3.63) is 22.8 Å². The van der Waals surface area contributed by atoms with Crippen LogP contribution in [0.25, 0.3) is 0 Å². The first-order valence-corrected chi connectivity index (χ1v) is 6.44. The largest absolute Gasteiger partial charge is 0.378 e. The first kappa shape index (κ1) is 14.0. The Balaban J connectivity index is 2.16. The number of amides is 1. The van der Waals surface area contributed by atoms with Gasteiger partial charge in [0.15, 0.2) is 0 Å². The monoisotopic (exact) mass is 284 g/mol. The summed E-state index contributed by atoms with van der Waals surface area (Å²) in [5.41, 5.74) is 6.10. The number of nitrogens with one attached hydrogen (secondary N) is 1. The predicted molar refractivity (Wildman–Crippen MR) is 73.0 cm³/mol. The number of nitrogens with two attached hydrogens (primary N) is 1. The Morgan fingerprint density at radius 3 is 3.16 bits per heavy atom. The topological polar surface area (TPSA) is 80.5 Å². The third-order valence-electron chi connectivity index (χ3n) is 3.10. The van der Waals surface area contributed by atoms with Gasteiger partial charge in [0.1, 0.15) is 11.9 Å². The highest BCUT2D eigenvalue weighted by molar-refractivity contribution is 6.31. The van der Waals surface area contributed by atoms with E-state index >= 15 is 0 Å². The van der Waals surface area contributed by atoms with Crippen molar-refractivity contribution in [2.24, 2.45) is 5.73 Å². The van der Waals surface area contributed by atoms with Crippen LogP contribution in [0.5, 0.6) is 0 Å². The van der Waals surface area contributed by atoms with E-state index in [1.165, 1.54) is 0 Å². The maximum atomic E-state index is 11.4. The fourth-order valence-electron chi connectivity index (χ4n) is 2.02. The van der Waals surface area contributed by atoms with E-state index in [9.17, 15) is 4.79 Å². The quantitative estimate of drug-likeness (QED) is 0.840. The Hall–Kier alpha value is -1.37. The van der Waals surface area contributed by atoms with Gasteiger partial charge in [0.25, 0.3) is 0 Å². The number of hydrogen-bond acceptors (Lipinski definition) is 5. The maximum absolute atomic E-state index is 11.4. The number of carbonyl (C=O) groups excluding carboxylic acids is 1. The van der Waals surface area contributed by atoms with E-state index in [-0.39, 0.29) is 5.91 Å². The highest BCUT2D eigenvalue weighted by Crippen LogP contribution is 2.20. The Bertz CT molecular complexity index is 469. The van der Waals surface area contributed by atoms with Gasteiger partial charge in [-0.05, 0) is 12.1 Å². The molecule has 1 unspecified atom stereocenters. The zero-order chi connectivity index (χ0) is 13.8. The number of hydrogen-bond donors (Lipinski definition) is 2. The van der Waals surface area contributed by atoms with E-state index in [0.29, 0.717) is 31.3 Å². The lowest BCUT2D eigenvalue weighted by molar-refractivity contribution is -0.129. The summed E-state index contributed by atoms with van der Waals surface area (Å²) < 4.78 is 5.28. The van der Waals surface area contributed by atoms with Crippen LogP contribution in [-0.4, -0.2) is 48.6 Å². The van der Waals surface area contributed by atoms with Crippen molar-refractivity contribution < 1.29 is 9.53 Å². The highest BCUT2D eigenvalue weighted by atomic mass is 35.5. The Morgan fingerprint density at radius 2 is 2.47 bits per heavy atom. The van der Waals surface area contributed by atoms with Crippen molar-refractivity contribution in [1.82, 2.24) is 9.88 Å². The molecule has 0 spiro atoms. The molecule has 0 aliphatic carbocycles. The molecule has 1 amide bonds. The molecular formula is C12H17ClN4O2. The molecule has 104 valence electrons. The number of ether oxygens (including phenoxy) is 1. The van der Waals surface area contributed by atoms with Gasteiger partial charge in [-0.25, -0.2) is 4.98 Å². The van der Waals surface area contributed by atoms with Crippen molar-refractivity contribution in [2.75, 3.05) is 32.1 Å². The molecule has 2 rings (SSSR count). The van der Waals surface area contributed by atoms with Crippen LogP contribution in [0, 0.1) is 0 Å². The number of aromatic nitrogens is 1. The minimum Gasteiger partial charge on any atom is -0.378 e. The van der Waals surface area contributed by atoms with Crippen LogP contribution in [0.1, 0.15) is 5.69 Å². The van der Waals surface area contributed by atoms with Crippen LogP contribution in [0.2, 0.25) is 5.02 Å². The van der Waals surface area contributed by atoms with Crippen LogP contribution in [0.4, 0.5) is 5.82 Å². The van der Waals surface area contributed by atoms with Gasteiger partial charge in [0.2, 0.25) is 5.91 Å². The second-order valence-corrected chi connectivity index (χ2v) is 4.75. The average molecular weight is 285 g/mol. The first-order chi connectivity index (χ1) is 9.11. The van der Waals surface area contributed by atoms with Gasteiger partial charge >= 0.3 is 0 Å². The van der Waals surface area contributed by atoms with Crippen LogP contribution in [0.3, 0.4) is 0 Å². The standard InChI is InChI=1S/C12H17ClN4O2/c1-15-11-3-2-8(13)9(16-11)6-17-4-5-19-7-10(17)12(14)18/h2-3,10H,4-7H2,1H3,(H2,14,18)(H,15,16). The number of nitrogens with zero attached hydrogens (tertiary/aromatic N) is 2. The lowest BCUT2D eigenvalue weighted by Crippen LogP contribution is -2.51. The van der Waals surface area contributed by atoms with E-state index in [0.717, 1.165) is 11.5 Å². The molecule has 0 aromatic carbocycles. The Kier molecular flexibility index (Phi) is 4.57. The number of primary amides is 1. The summed E-state index contributed by atoms with van der Waals surface area (Å²) >= 11 is 6.14. The fourth-order valence-corrected chi connectivity index (χ4v) is 2.18. The van der Waals surface area contributed by atoms with E-state index in [4.69, 9.17) is 22.1 Å². The minimum absolute atomic E-state index is 0.318. The number of carbonyl (C=O) groups is 1. The molecule has 0 saturated carbocycles. The summed E-state index contributed by atoms with van der Waals surface area (Å²) in [5.74, 6) is 0.351. The normalized spacial score (nSPS) is 20.2. The summed E-state index contributed by atoms with van der Waals surface area (Å²) in [4.78, 5) is 17.7. The molecule has 1 aliphatic heterocycles. The average Bonchev–Trinajstić information content (AvgIpc) is 2.41. The number of rotatable bonds is 4. The molecule has 1 saturated heterocycles. The number of pyridine rings is 1. The summed E-state index contributed by atoms with van der Waals surface area (Å²) in [6.07, 6.45) is 0. The molecule has 1 aromatic heterocycles. The van der Waals surface area contributed by atoms with Gasteiger partial charge in [-0.15, -0.1) is 0 Å². The Morgan fingerprint density at radius 1 is 1.68 bits per heavy atom. The molecule has 0 radical (unpaired) electrons. The van der Waals surface area contributed by atoms with Gasteiger partial charge in [-0.2, -0.15) is 0 Å². The predicted octanol–water partition coefficient (Wildman–Crippen LogP) is 0.463. The summed E-state index contributed by atoms with van der Waals surface area (Å²) in [6, 6.07) is 3.16. The van der Waals surface area contributed by atoms with Gasteiger partial charge in [0.05, 0.1) is 23.9 Å². The summed E-state index contributed by atoms with van der Waals surface area (Å²) in [7, 11) is 1.79. The van der Waals surface area contributed by atoms with Crippen LogP contribution in [0.15, 0.2) is 12.1 Å². The number of halogens is 1. The first-order valence-electron chi connectivity index (χ1n) is 6.06. The number of morpholine rings is 1. The second-order valence-electron chi connectivity index (χ2n) is 4.34. The van der Waals surface area contributed by atoms with Gasteiger partial charge < -0.3 is 15.8 Å². The summed E-state index contributed by atoms with van der Waals surface area (Å²) in [5, 5.41) is 3.54. The van der Waals surface area contributed by atoms with Gasteiger partial charge in [-0.3, -0.25) is 9.69 Å². The molecule has 1 atom stereocenters. The molecule has 6 nitrogen and oxygen atoms in total. The molecule has 7 heteroatoms. The van der Waals surface area contributed by atoms with Crippen LogP contribution < -0.4 is 11.1 Å². The summed E-state index contributed by atoms with van der Waals surface area (Å²) in [6.45, 7) is 2.01. The van der Waals surface area contributed by atoms with Gasteiger partial charge in [0, 0.05) is 20.1 Å². The molecular weight excluding hydrogens is 268 g/mol. The molecule has 19 heavy (non-hydrogen) atoms. The second kappa shape index (κ2) is 6.18. The van der Waals surface area contributed by atoms with Crippen LogP contribution in [-0.2, 0) is 16.1 Å². The van der Waals surface area contributed by atoms with Crippen LogP contribution >= 0.6 is 11.6 Å². The molecule has 0 bridgehead atoms. The van der Waals surface area contributed by atoms with Crippen molar-refractivity contribution in [3.8, 4) is 0 Å². The molecule has 2 heterocycles. The van der Waals surface area contributed by atoms with E-state index in [1.54, 1.807) is 19.2 Å². The smallest absolute Gasteiger partial charge is 0.237 e. The molecule has 1 aliphatic rings. The van der Waals surface area contributed by atoms with Crippen molar-refractivity contribution in [2.45, 2.75) is 12.6 Å². The minimum atomic E-state index is -0.426. The van der Waals surface area contributed by atoms with Crippen molar-refractivity contribution in [1.29, 1.82) is 0 Å². The molecule has 3 N–H and O–H groups in total. The Labute approximate surface area is 116 Å². The van der Waals surface area contributed by atoms with E-state index < -0.39 is 6.04 Å². The third kappa shape index (κ3) is 3.34. The maximum Gasteiger partial charge on any atom is 0.237 e. The zero-order valence-corrected chi connectivity index (χ0v) is 11.5. The van der Waals surface area contributed by atoms with Crippen molar-refractivity contribution >= 4 is 23.3 Å². The van der Waals surface area contributed by atoms with E-state index in [1.807, 2.05) is 4.90 Å².